The van der Waals surface area contributed by atoms with E-state index in [1.807, 2.05) is 0 Å². The Morgan fingerprint density at radius 3 is 2.69 bits per heavy atom. The molecule has 2 aromatic rings. The van der Waals surface area contributed by atoms with E-state index in [1.54, 1.807) is 12.1 Å². The molecule has 0 spiro atoms. The van der Waals surface area contributed by atoms with Crippen molar-refractivity contribution in [2.24, 2.45) is 0 Å². The van der Waals surface area contributed by atoms with E-state index in [4.69, 9.17) is 30.7 Å². The topological polar surface area (TPSA) is 124 Å². The lowest BCUT2D eigenvalue weighted by Gasteiger charge is -2.10. The molecule has 1 amide bonds. The molecular weight excluding hydrogens is 366 g/mol. The number of nitrogens with one attached hydrogen (secondary N) is 1. The first kappa shape index (κ1) is 19.5. The largest absolute Gasteiger partial charge is 0.493 e. The van der Waals surface area contributed by atoms with E-state index in [1.165, 1.54) is 21.1 Å². The van der Waals surface area contributed by atoms with Crippen molar-refractivity contribution in [2.45, 2.75) is 25.8 Å². The van der Waals surface area contributed by atoms with Crippen LogP contribution in [-0.4, -0.2) is 47.4 Å². The first-order valence-corrected chi connectivity index (χ1v) is 8.00. The minimum absolute atomic E-state index is 0.0198. The summed E-state index contributed by atoms with van der Waals surface area (Å²) in [6.45, 7) is 1.38. The van der Waals surface area contributed by atoms with Gasteiger partial charge < -0.3 is 24.4 Å². The summed E-state index contributed by atoms with van der Waals surface area (Å²) in [5, 5.41) is 15.3. The van der Waals surface area contributed by atoms with Gasteiger partial charge >= 0.3 is 5.97 Å². The summed E-state index contributed by atoms with van der Waals surface area (Å²) in [5.41, 5.74) is 0.562. The van der Waals surface area contributed by atoms with Crippen LogP contribution in [0.4, 0.5) is 0 Å². The van der Waals surface area contributed by atoms with E-state index < -0.39 is 17.9 Å². The van der Waals surface area contributed by atoms with Gasteiger partial charge in [-0.15, -0.1) is 0 Å². The molecule has 1 atom stereocenters. The van der Waals surface area contributed by atoms with Gasteiger partial charge in [-0.05, 0) is 19.1 Å². The fourth-order valence-corrected chi connectivity index (χ4v) is 2.40. The van der Waals surface area contributed by atoms with E-state index in [0.717, 1.165) is 0 Å². The van der Waals surface area contributed by atoms with Crippen LogP contribution in [0.15, 0.2) is 16.7 Å². The number of nitrogens with zero attached hydrogens (tertiary/aromatic N) is 2. The summed E-state index contributed by atoms with van der Waals surface area (Å²) in [6, 6.07) is 2.30. The monoisotopic (exact) mass is 383 g/mol. The number of methoxy groups -OCH3 is 2. The second kappa shape index (κ2) is 8.52. The first-order valence-electron chi connectivity index (χ1n) is 7.62. The standard InChI is InChI=1S/C16H18ClN3O6/c1-8(16(22)23)18-12(21)4-5-13-19-15(20-26-13)9-6-10(17)14(25-3)11(7-9)24-2/h6-8H,4-5H2,1-3H3,(H,18,21)(H,22,23). The summed E-state index contributed by atoms with van der Waals surface area (Å²) in [5.74, 6) is -0.196. The van der Waals surface area contributed by atoms with Crippen molar-refractivity contribution in [1.82, 2.24) is 15.5 Å². The number of carboxylic acid groups (broad SMARTS) is 1. The lowest BCUT2D eigenvalue weighted by molar-refractivity contribution is -0.141. The predicted molar refractivity (Wildman–Crippen MR) is 91.4 cm³/mol. The summed E-state index contributed by atoms with van der Waals surface area (Å²) in [4.78, 5) is 26.6. The molecule has 10 heteroatoms. The molecule has 1 aromatic heterocycles. The Hall–Kier alpha value is -2.81. The lowest BCUT2D eigenvalue weighted by atomic mass is 10.2. The molecule has 0 saturated carbocycles. The van der Waals surface area contributed by atoms with Crippen LogP contribution in [-0.2, 0) is 16.0 Å². The lowest BCUT2D eigenvalue weighted by Crippen LogP contribution is -2.38. The summed E-state index contributed by atoms with van der Waals surface area (Å²) in [7, 11) is 2.96. The average molecular weight is 384 g/mol. The van der Waals surface area contributed by atoms with Gasteiger partial charge in [-0.3, -0.25) is 9.59 Å². The summed E-state index contributed by atoms with van der Waals surface area (Å²) in [6.07, 6.45) is 0.193. The minimum Gasteiger partial charge on any atom is -0.493 e. The van der Waals surface area contributed by atoms with E-state index in [9.17, 15) is 9.59 Å². The molecule has 9 nitrogen and oxygen atoms in total. The second-order valence-corrected chi connectivity index (χ2v) is 5.74. The van der Waals surface area contributed by atoms with Crippen LogP contribution >= 0.6 is 11.6 Å². The highest BCUT2D eigenvalue weighted by Gasteiger charge is 2.17. The molecule has 0 aliphatic heterocycles. The van der Waals surface area contributed by atoms with E-state index in [2.05, 4.69) is 15.5 Å². The number of carbonyl (C=O) groups excluding carboxylic acids is 1. The number of benzene rings is 1. The van der Waals surface area contributed by atoms with Gasteiger partial charge in [0.25, 0.3) is 0 Å². The minimum atomic E-state index is -1.11. The molecule has 1 heterocycles. The molecule has 0 bridgehead atoms. The maximum absolute atomic E-state index is 11.7. The Balaban J connectivity index is 2.07. The van der Waals surface area contributed by atoms with Gasteiger partial charge in [-0.25, -0.2) is 0 Å². The maximum Gasteiger partial charge on any atom is 0.325 e. The number of hydrogen-bond donors (Lipinski definition) is 2. The fourth-order valence-electron chi connectivity index (χ4n) is 2.12. The molecule has 26 heavy (non-hydrogen) atoms. The highest BCUT2D eigenvalue weighted by Crippen LogP contribution is 2.38. The molecule has 1 unspecified atom stereocenters. The highest BCUT2D eigenvalue weighted by atomic mass is 35.5. The van der Waals surface area contributed by atoms with Crippen molar-refractivity contribution >= 4 is 23.5 Å². The molecule has 140 valence electrons. The van der Waals surface area contributed by atoms with Gasteiger partial charge in [0.15, 0.2) is 11.5 Å². The maximum atomic E-state index is 11.7. The van der Waals surface area contributed by atoms with E-state index in [-0.39, 0.29) is 24.6 Å². The number of amides is 1. The number of aliphatic carboxylic acids is 1. The zero-order valence-electron chi connectivity index (χ0n) is 14.4. The molecule has 1 aromatic carbocycles. The molecule has 0 fully saturated rings. The van der Waals surface area contributed by atoms with Crippen molar-refractivity contribution in [1.29, 1.82) is 0 Å². The van der Waals surface area contributed by atoms with E-state index in [0.29, 0.717) is 22.1 Å². The van der Waals surface area contributed by atoms with Gasteiger partial charge in [0.1, 0.15) is 6.04 Å². The summed E-state index contributed by atoms with van der Waals surface area (Å²) < 4.78 is 15.5. The van der Waals surface area contributed by atoms with Gasteiger partial charge in [0.2, 0.25) is 17.6 Å². The quantitative estimate of drug-likeness (QED) is 0.708. The third-order valence-corrected chi connectivity index (χ3v) is 3.75. The third kappa shape index (κ3) is 4.63. The van der Waals surface area contributed by atoms with Crippen molar-refractivity contribution in [3.8, 4) is 22.9 Å². The third-order valence-electron chi connectivity index (χ3n) is 3.47. The van der Waals surface area contributed by atoms with Gasteiger partial charge in [-0.1, -0.05) is 16.8 Å². The number of hydrogen-bond acceptors (Lipinski definition) is 7. The van der Waals surface area contributed by atoms with Crippen LogP contribution in [0.1, 0.15) is 19.2 Å². The van der Waals surface area contributed by atoms with Crippen molar-refractivity contribution < 1.29 is 28.7 Å². The van der Waals surface area contributed by atoms with Crippen LogP contribution in [0.2, 0.25) is 5.02 Å². The molecule has 0 aliphatic rings. The zero-order valence-corrected chi connectivity index (χ0v) is 15.2. The van der Waals surface area contributed by atoms with E-state index >= 15 is 0 Å². The highest BCUT2D eigenvalue weighted by molar-refractivity contribution is 6.32. The number of carbonyl (C=O) groups is 2. The number of halogens is 1. The molecule has 0 saturated heterocycles. The SMILES string of the molecule is COc1cc(-c2noc(CCC(=O)NC(C)C(=O)O)n2)cc(Cl)c1OC. The smallest absolute Gasteiger partial charge is 0.325 e. The Bertz CT molecular complexity index is 807. The molecule has 2 rings (SSSR count). The molecular formula is C16H18ClN3O6. The second-order valence-electron chi connectivity index (χ2n) is 5.33. The fraction of sp³-hybridized carbons (Fsp3) is 0.375. The Morgan fingerprint density at radius 2 is 2.08 bits per heavy atom. The number of aryl methyl sites for hydroxylation is 1. The Labute approximate surface area is 154 Å². The number of carboxylic acids is 1. The molecule has 0 radical (unpaired) electrons. The van der Waals surface area contributed by atoms with Crippen LogP contribution in [0, 0.1) is 0 Å². The average Bonchev–Trinajstić information content (AvgIpc) is 3.08. The Kier molecular flexibility index (Phi) is 6.40. The zero-order chi connectivity index (χ0) is 19.3. The van der Waals surface area contributed by atoms with Gasteiger partial charge in [0.05, 0.1) is 19.2 Å². The number of ether oxygens (including phenoxy) is 2. The number of rotatable bonds is 8. The Morgan fingerprint density at radius 1 is 1.35 bits per heavy atom. The van der Waals surface area contributed by atoms with Crippen molar-refractivity contribution in [3.05, 3.63) is 23.0 Å². The molecule has 0 aliphatic carbocycles. The van der Waals surface area contributed by atoms with Crippen molar-refractivity contribution in [3.63, 3.8) is 0 Å². The summed E-state index contributed by atoms with van der Waals surface area (Å²) >= 11 is 6.15. The normalized spacial score (nSPS) is 11.7. The van der Waals surface area contributed by atoms with Crippen LogP contribution in [0.3, 0.4) is 0 Å². The molecule has 2 N–H and O–H groups in total. The van der Waals surface area contributed by atoms with Crippen molar-refractivity contribution in [2.75, 3.05) is 14.2 Å². The van der Waals surface area contributed by atoms with Crippen LogP contribution in [0.25, 0.3) is 11.4 Å². The van der Waals surface area contributed by atoms with Gasteiger partial charge in [-0.2, -0.15) is 4.98 Å². The van der Waals surface area contributed by atoms with Gasteiger partial charge in [0, 0.05) is 18.4 Å². The first-order chi connectivity index (χ1) is 12.3. The number of aromatic nitrogens is 2. The van der Waals surface area contributed by atoms with Crippen LogP contribution in [0.5, 0.6) is 11.5 Å². The van der Waals surface area contributed by atoms with Crippen LogP contribution < -0.4 is 14.8 Å². The predicted octanol–water partition coefficient (Wildman–Crippen LogP) is 1.93.